The summed E-state index contributed by atoms with van der Waals surface area (Å²) in [4.78, 5) is 80.0. The number of hydrogen-bond donors (Lipinski definition) is 9. The number of primary amides is 1. The summed E-state index contributed by atoms with van der Waals surface area (Å²) in [5.74, 6) is -6.03. The van der Waals surface area contributed by atoms with Crippen LogP contribution in [0.25, 0.3) is 12.3 Å². The number of guanidine groups is 1. The number of nitrogens with zero attached hydrogens (tertiary/aromatic N) is 1. The summed E-state index contributed by atoms with van der Waals surface area (Å²) < 4.78 is 0. The van der Waals surface area contributed by atoms with Gasteiger partial charge >= 0.3 is 53.2 Å². The topological polar surface area (TPSA) is 374 Å². The fourth-order valence-corrected chi connectivity index (χ4v) is 2.17. The predicted molar refractivity (Wildman–Crippen MR) is 145 cm³/mol. The number of aliphatic carboxylic acids is 3. The second-order valence-electron chi connectivity index (χ2n) is 7.20. The van der Waals surface area contributed by atoms with Crippen molar-refractivity contribution >= 4 is 66.3 Å². The molecule has 242 valence electrons. The van der Waals surface area contributed by atoms with Crippen LogP contribution in [0, 0.1) is 0 Å². The zero-order valence-corrected chi connectivity index (χ0v) is 25.7. The second-order valence-corrected chi connectivity index (χ2v) is 10.5. The number of carbonyl (C=O) groups is 7. The summed E-state index contributed by atoms with van der Waals surface area (Å²) >= 11 is -0.472. The van der Waals surface area contributed by atoms with Gasteiger partial charge in [-0.2, -0.15) is 0 Å². The van der Waals surface area contributed by atoms with E-state index in [2.05, 4.69) is 20.9 Å². The van der Waals surface area contributed by atoms with Gasteiger partial charge in [0.2, 0.25) is 23.6 Å². The Kier molecular flexibility index (Phi) is 34.5. The molecule has 2 unspecified atom stereocenters. The van der Waals surface area contributed by atoms with Crippen LogP contribution in [0.4, 0.5) is 0 Å². The Hall–Kier alpha value is -3.25. The Balaban J connectivity index is -0.000000281. The molecular formula is C19H37Cl2N9O10Pt. The maximum Gasteiger partial charge on any atom is -0.693 e. The summed E-state index contributed by atoms with van der Waals surface area (Å²) in [6.07, 6.45) is -0.613. The number of carboxylic acids is 3. The quantitative estimate of drug-likeness (QED) is 0.0528. The third-order valence-corrected chi connectivity index (χ3v) is 3.94. The molecule has 16 N–H and O–H groups in total. The van der Waals surface area contributed by atoms with Crippen LogP contribution in [-0.4, -0.2) is 88.0 Å². The molecule has 0 aromatic carbocycles. The minimum Gasteiger partial charge on any atom is -0.693 e. The summed E-state index contributed by atoms with van der Waals surface area (Å²) in [7, 11) is 9.75. The fourth-order valence-electron chi connectivity index (χ4n) is 2.17. The van der Waals surface area contributed by atoms with Crippen LogP contribution in [-0.2, 0) is 50.0 Å². The Morgan fingerprint density at radius 3 is 1.63 bits per heavy atom. The van der Waals surface area contributed by atoms with Gasteiger partial charge in [-0.3, -0.25) is 38.6 Å². The molecule has 0 radical (unpaired) electrons. The molecule has 22 heteroatoms. The number of aliphatic imine (C=N–C) groups is 1. The van der Waals surface area contributed by atoms with E-state index >= 15 is 0 Å². The van der Waals surface area contributed by atoms with Gasteiger partial charge in [0, 0.05) is 13.0 Å². The van der Waals surface area contributed by atoms with Gasteiger partial charge in [0.1, 0.15) is 12.1 Å². The second kappa shape index (κ2) is 29.7. The SMILES string of the molecule is CC(NC(=O)CCC(=O)O)C(=O)NCC(=O)NC(CCCN=C(N)N)C(N)=O.O=C(O)CCC(=O)O.[Cl][Pt+2][Cl].[NH2-].[NH2-]. The van der Waals surface area contributed by atoms with Crippen molar-refractivity contribution in [1.82, 2.24) is 16.0 Å². The first-order chi connectivity index (χ1) is 18.1. The van der Waals surface area contributed by atoms with Crippen molar-refractivity contribution in [3.8, 4) is 0 Å². The van der Waals surface area contributed by atoms with Gasteiger partial charge < -0.3 is 60.8 Å². The van der Waals surface area contributed by atoms with Crippen molar-refractivity contribution in [1.29, 1.82) is 0 Å². The largest absolute Gasteiger partial charge is 0.693 e. The Morgan fingerprint density at radius 2 is 1.24 bits per heavy atom. The van der Waals surface area contributed by atoms with E-state index in [1.807, 2.05) is 0 Å². The molecule has 0 bridgehead atoms. The molecule has 4 amide bonds. The van der Waals surface area contributed by atoms with Gasteiger partial charge in [-0.15, -0.1) is 0 Å². The number of hydrogen-bond acceptors (Lipinski definition) is 8. The molecule has 0 rings (SSSR count). The number of halogens is 2. The summed E-state index contributed by atoms with van der Waals surface area (Å²) in [5.41, 5.74) is 15.6. The van der Waals surface area contributed by atoms with Gasteiger partial charge in [-0.1, -0.05) is 0 Å². The summed E-state index contributed by atoms with van der Waals surface area (Å²) in [6.45, 7) is 1.20. The Labute approximate surface area is 252 Å². The van der Waals surface area contributed by atoms with Crippen molar-refractivity contribution in [2.45, 2.75) is 57.5 Å². The van der Waals surface area contributed by atoms with E-state index < -0.39 is 76.6 Å². The average Bonchev–Trinajstić information content (AvgIpc) is 2.82. The first kappa shape index (κ1) is 47.5. The zero-order valence-electron chi connectivity index (χ0n) is 21.9. The molecule has 0 saturated heterocycles. The van der Waals surface area contributed by atoms with E-state index in [-0.39, 0.29) is 56.9 Å². The maximum absolute atomic E-state index is 11.9. The van der Waals surface area contributed by atoms with Gasteiger partial charge in [-0.05, 0) is 19.8 Å². The molecule has 0 heterocycles. The van der Waals surface area contributed by atoms with E-state index in [1.165, 1.54) is 6.92 Å². The van der Waals surface area contributed by atoms with Crippen molar-refractivity contribution in [3.63, 3.8) is 0 Å². The minimum atomic E-state index is -1.13. The molecule has 0 aliphatic rings. The molecular weight excluding hydrogens is 780 g/mol. The Bertz CT molecular complexity index is 851. The van der Waals surface area contributed by atoms with E-state index in [4.69, 9.17) is 51.4 Å². The molecule has 41 heavy (non-hydrogen) atoms. The molecule has 0 fully saturated rings. The van der Waals surface area contributed by atoms with Gasteiger partial charge in [-0.25, -0.2) is 0 Å². The van der Waals surface area contributed by atoms with Crippen molar-refractivity contribution in [2.24, 2.45) is 22.2 Å². The van der Waals surface area contributed by atoms with Crippen LogP contribution in [0.3, 0.4) is 0 Å². The van der Waals surface area contributed by atoms with E-state index in [1.54, 1.807) is 0 Å². The Morgan fingerprint density at radius 1 is 0.805 bits per heavy atom. The monoisotopic (exact) mass is 816 g/mol. The number of carbonyl (C=O) groups excluding carboxylic acids is 4. The van der Waals surface area contributed by atoms with Crippen LogP contribution >= 0.6 is 18.8 Å². The summed E-state index contributed by atoms with van der Waals surface area (Å²) in [6, 6.07) is -1.92. The van der Waals surface area contributed by atoms with E-state index in [0.717, 1.165) is 0 Å². The van der Waals surface area contributed by atoms with Crippen molar-refractivity contribution in [2.75, 3.05) is 13.1 Å². The van der Waals surface area contributed by atoms with E-state index in [0.29, 0.717) is 6.42 Å². The number of nitrogens with one attached hydrogen (secondary N) is 3. The predicted octanol–water partition coefficient (Wildman–Crippen LogP) is -0.758. The normalized spacial score (nSPS) is 10.5. The average molecular weight is 818 g/mol. The number of rotatable bonds is 16. The van der Waals surface area contributed by atoms with Crippen molar-refractivity contribution in [3.05, 3.63) is 12.3 Å². The van der Waals surface area contributed by atoms with Crippen LogP contribution in [0.2, 0.25) is 0 Å². The third kappa shape index (κ3) is 36.7. The molecule has 0 saturated carbocycles. The number of amides is 4. The smallest absolute Gasteiger partial charge is 0.693 e. The van der Waals surface area contributed by atoms with E-state index in [9.17, 15) is 33.6 Å². The van der Waals surface area contributed by atoms with Gasteiger partial charge in [0.25, 0.3) is 0 Å². The number of nitrogens with two attached hydrogens (primary N) is 5. The van der Waals surface area contributed by atoms with Gasteiger partial charge in [0.15, 0.2) is 5.96 Å². The maximum atomic E-state index is 11.9. The fraction of sp³-hybridized carbons (Fsp3) is 0.579. The molecule has 0 aliphatic heterocycles. The standard InChI is InChI=1S/C15H27N7O6.C4H6O4.2ClH.2H2N.Pt/c1-8(21-10(23)4-5-12(25)26)14(28)20-7-11(24)22-9(13(16)27)3-2-6-19-15(17)18;5-3(6)1-2-4(7)8;;;;;/h8-9H,2-7H2,1H3,(H2,16,27)(H,20,28)(H,21,23)(H,22,24)(H,25,26)(H4,17,18,19);1-2H2,(H,5,6)(H,7,8);2*1H;2*1H2;/q;;;;2*-1;+4/p-2. The van der Waals surface area contributed by atoms with Gasteiger partial charge in [0.05, 0.1) is 25.8 Å². The molecule has 0 aromatic rings. The third-order valence-electron chi connectivity index (χ3n) is 3.94. The molecule has 0 spiro atoms. The first-order valence-electron chi connectivity index (χ1n) is 10.8. The van der Waals surface area contributed by atoms with Crippen LogP contribution < -0.4 is 33.2 Å². The molecule has 2 atom stereocenters. The minimum absolute atomic E-state index is 0. The molecule has 19 nitrogen and oxygen atoms in total. The first-order valence-corrected chi connectivity index (χ1v) is 16.4. The van der Waals surface area contributed by atoms with Crippen LogP contribution in [0.5, 0.6) is 0 Å². The summed E-state index contributed by atoms with van der Waals surface area (Å²) in [5, 5.41) is 31.3. The zero-order chi connectivity index (χ0) is 31.0. The molecule has 0 aromatic heterocycles. The van der Waals surface area contributed by atoms with Crippen LogP contribution in [0.15, 0.2) is 4.99 Å². The van der Waals surface area contributed by atoms with Crippen LogP contribution in [0.1, 0.15) is 45.4 Å². The molecule has 0 aliphatic carbocycles. The van der Waals surface area contributed by atoms with Crippen molar-refractivity contribution < 1.29 is 65.4 Å². The number of carboxylic acid groups (broad SMARTS) is 3.